The van der Waals surface area contributed by atoms with E-state index in [2.05, 4.69) is 21.6 Å². The Morgan fingerprint density at radius 1 is 1.28 bits per heavy atom. The average molecular weight is 431 g/mol. The number of nitriles is 1. The van der Waals surface area contributed by atoms with E-state index in [4.69, 9.17) is 19.9 Å². The molecule has 1 aliphatic rings. The number of allylic oxidation sites excluding steroid dienone is 1. The van der Waals surface area contributed by atoms with Crippen molar-refractivity contribution in [3.63, 3.8) is 0 Å². The zero-order valence-electron chi connectivity index (χ0n) is 17.5. The molecule has 4 N–H and O–H groups in total. The highest BCUT2D eigenvalue weighted by Crippen LogP contribution is 2.43. The van der Waals surface area contributed by atoms with Crippen molar-refractivity contribution in [2.24, 2.45) is 5.73 Å². The van der Waals surface area contributed by atoms with Crippen LogP contribution < -0.4 is 25.3 Å². The quantitative estimate of drug-likeness (QED) is 0.546. The minimum Gasteiger partial charge on any atom is -0.497 e. The topological polar surface area (TPSA) is 135 Å². The molecule has 3 aromatic rings. The first-order valence-electron chi connectivity index (χ1n) is 9.79. The SMILES string of the molecule is COc1cccc(NC(=O)COc2cccc(C3C(C#N)=C(N)Oc4n[nH]c(C)c43)c2)c1. The van der Waals surface area contributed by atoms with E-state index >= 15 is 0 Å². The van der Waals surface area contributed by atoms with E-state index < -0.39 is 5.92 Å². The maximum atomic E-state index is 12.3. The first kappa shape index (κ1) is 20.8. The molecule has 1 aromatic heterocycles. The Hall–Kier alpha value is -4.45. The monoisotopic (exact) mass is 431 g/mol. The molecule has 2 aromatic carbocycles. The molecule has 32 heavy (non-hydrogen) atoms. The summed E-state index contributed by atoms with van der Waals surface area (Å²) < 4.78 is 16.3. The summed E-state index contributed by atoms with van der Waals surface area (Å²) in [6.07, 6.45) is 0. The molecule has 1 aliphatic heterocycles. The van der Waals surface area contributed by atoms with Crippen molar-refractivity contribution in [3.8, 4) is 23.4 Å². The van der Waals surface area contributed by atoms with Gasteiger partial charge in [-0.25, -0.2) is 0 Å². The molecule has 0 radical (unpaired) electrons. The number of aryl methyl sites for hydroxylation is 1. The third-order valence-corrected chi connectivity index (χ3v) is 5.04. The van der Waals surface area contributed by atoms with E-state index in [1.165, 1.54) is 0 Å². The second kappa shape index (κ2) is 8.73. The highest BCUT2D eigenvalue weighted by Gasteiger charge is 2.34. The molecule has 0 bridgehead atoms. The lowest BCUT2D eigenvalue weighted by molar-refractivity contribution is -0.118. The Kier molecular flexibility index (Phi) is 5.68. The van der Waals surface area contributed by atoms with Gasteiger partial charge in [0.1, 0.15) is 23.1 Å². The number of hydrogen-bond acceptors (Lipinski definition) is 7. The summed E-state index contributed by atoms with van der Waals surface area (Å²) in [5, 5.41) is 19.4. The molecule has 0 saturated heterocycles. The summed E-state index contributed by atoms with van der Waals surface area (Å²) in [6, 6.07) is 16.4. The predicted octanol–water partition coefficient (Wildman–Crippen LogP) is 2.96. The molecule has 162 valence electrons. The number of hydrogen-bond donors (Lipinski definition) is 3. The minimum atomic E-state index is -0.461. The number of anilines is 1. The molecule has 0 spiro atoms. The van der Waals surface area contributed by atoms with Crippen LogP contribution in [-0.2, 0) is 4.79 Å². The van der Waals surface area contributed by atoms with Crippen LogP contribution in [0.4, 0.5) is 5.69 Å². The Labute approximate surface area is 184 Å². The number of nitrogens with two attached hydrogens (primary N) is 1. The molecular weight excluding hydrogens is 410 g/mol. The molecule has 9 heteroatoms. The van der Waals surface area contributed by atoms with Gasteiger partial charge in [-0.3, -0.25) is 9.89 Å². The molecule has 2 heterocycles. The van der Waals surface area contributed by atoms with Crippen LogP contribution >= 0.6 is 0 Å². The van der Waals surface area contributed by atoms with Gasteiger partial charge in [-0.1, -0.05) is 18.2 Å². The number of methoxy groups -OCH3 is 1. The van der Waals surface area contributed by atoms with E-state index in [-0.39, 0.29) is 24.0 Å². The van der Waals surface area contributed by atoms with Crippen molar-refractivity contribution in [1.29, 1.82) is 5.26 Å². The van der Waals surface area contributed by atoms with Crippen LogP contribution in [0.5, 0.6) is 17.4 Å². The summed E-state index contributed by atoms with van der Waals surface area (Å²) in [6.45, 7) is 1.66. The van der Waals surface area contributed by atoms with Gasteiger partial charge in [0.25, 0.3) is 5.91 Å². The fraction of sp³-hybridized carbons (Fsp3) is 0.174. The van der Waals surface area contributed by atoms with E-state index in [1.54, 1.807) is 49.6 Å². The third kappa shape index (κ3) is 4.06. The summed E-state index contributed by atoms with van der Waals surface area (Å²) in [5.41, 5.74) is 9.13. The summed E-state index contributed by atoms with van der Waals surface area (Å²) in [5.74, 6) is 0.699. The first-order chi connectivity index (χ1) is 15.5. The van der Waals surface area contributed by atoms with Crippen LogP contribution in [0.1, 0.15) is 22.7 Å². The lowest BCUT2D eigenvalue weighted by Crippen LogP contribution is -2.21. The number of aromatic amines is 1. The number of benzene rings is 2. The van der Waals surface area contributed by atoms with Gasteiger partial charge >= 0.3 is 0 Å². The first-order valence-corrected chi connectivity index (χ1v) is 9.79. The Morgan fingerprint density at radius 2 is 2.06 bits per heavy atom. The highest BCUT2D eigenvalue weighted by molar-refractivity contribution is 5.92. The van der Waals surface area contributed by atoms with Gasteiger partial charge in [-0.05, 0) is 36.8 Å². The van der Waals surface area contributed by atoms with Crippen molar-refractivity contribution in [1.82, 2.24) is 10.2 Å². The van der Waals surface area contributed by atoms with Crippen LogP contribution in [0.3, 0.4) is 0 Å². The number of carbonyl (C=O) groups excluding carboxylic acids is 1. The highest BCUT2D eigenvalue weighted by atomic mass is 16.5. The third-order valence-electron chi connectivity index (χ3n) is 5.04. The number of ether oxygens (including phenoxy) is 3. The van der Waals surface area contributed by atoms with Gasteiger partial charge in [0.2, 0.25) is 11.8 Å². The number of amides is 1. The predicted molar refractivity (Wildman–Crippen MR) is 116 cm³/mol. The minimum absolute atomic E-state index is 0.0143. The molecule has 1 atom stereocenters. The van der Waals surface area contributed by atoms with Gasteiger partial charge < -0.3 is 25.3 Å². The van der Waals surface area contributed by atoms with Gasteiger partial charge in [0.15, 0.2) is 6.61 Å². The number of rotatable bonds is 6. The second-order valence-corrected chi connectivity index (χ2v) is 7.13. The standard InChI is InChI=1S/C23H21N5O4/c1-13-20-21(18(11-24)22(25)32-23(20)28-27-13)14-5-3-8-17(9-14)31-12-19(29)26-15-6-4-7-16(10-15)30-2/h3-10,21H,12,25H2,1-2H3,(H,26,29)(H,27,28). The maximum absolute atomic E-state index is 12.3. The van der Waals surface area contributed by atoms with Crippen LogP contribution in [-0.4, -0.2) is 29.8 Å². The molecule has 0 fully saturated rings. The Bertz CT molecular complexity index is 1240. The van der Waals surface area contributed by atoms with Crippen molar-refractivity contribution < 1.29 is 19.0 Å². The van der Waals surface area contributed by atoms with Crippen LogP contribution in [0, 0.1) is 18.3 Å². The molecule has 0 saturated carbocycles. The van der Waals surface area contributed by atoms with Crippen LogP contribution in [0.2, 0.25) is 0 Å². The zero-order chi connectivity index (χ0) is 22.7. The van der Waals surface area contributed by atoms with Crippen molar-refractivity contribution in [3.05, 3.63) is 76.8 Å². The summed E-state index contributed by atoms with van der Waals surface area (Å²) in [7, 11) is 1.56. The van der Waals surface area contributed by atoms with Gasteiger partial charge in [-0.15, -0.1) is 5.10 Å². The van der Waals surface area contributed by atoms with Gasteiger partial charge in [-0.2, -0.15) is 5.26 Å². The second-order valence-electron chi connectivity index (χ2n) is 7.13. The summed E-state index contributed by atoms with van der Waals surface area (Å²) in [4.78, 5) is 12.3. The largest absolute Gasteiger partial charge is 0.497 e. The fourth-order valence-electron chi connectivity index (χ4n) is 3.56. The Balaban J connectivity index is 1.52. The lowest BCUT2D eigenvalue weighted by atomic mass is 9.84. The smallest absolute Gasteiger partial charge is 0.262 e. The molecule has 9 nitrogen and oxygen atoms in total. The average Bonchev–Trinajstić information content (AvgIpc) is 3.17. The van der Waals surface area contributed by atoms with E-state index in [0.29, 0.717) is 23.1 Å². The number of nitrogens with one attached hydrogen (secondary N) is 2. The van der Waals surface area contributed by atoms with Crippen molar-refractivity contribution in [2.45, 2.75) is 12.8 Å². The van der Waals surface area contributed by atoms with Gasteiger partial charge in [0.05, 0.1) is 13.0 Å². The van der Waals surface area contributed by atoms with Crippen molar-refractivity contribution in [2.75, 3.05) is 19.0 Å². The van der Waals surface area contributed by atoms with Crippen LogP contribution in [0.25, 0.3) is 0 Å². The normalized spacial score (nSPS) is 14.7. The number of nitrogens with zero attached hydrogens (tertiary/aromatic N) is 2. The maximum Gasteiger partial charge on any atom is 0.262 e. The van der Waals surface area contributed by atoms with E-state index in [1.807, 2.05) is 13.0 Å². The van der Waals surface area contributed by atoms with Crippen molar-refractivity contribution >= 4 is 11.6 Å². The van der Waals surface area contributed by atoms with Crippen LogP contribution in [0.15, 0.2) is 60.0 Å². The molecular formula is C23H21N5O4. The lowest BCUT2D eigenvalue weighted by Gasteiger charge is -2.24. The summed E-state index contributed by atoms with van der Waals surface area (Å²) >= 11 is 0. The number of aromatic nitrogens is 2. The number of H-pyrrole nitrogens is 1. The fourth-order valence-corrected chi connectivity index (χ4v) is 3.56. The molecule has 1 amide bonds. The van der Waals surface area contributed by atoms with E-state index in [0.717, 1.165) is 16.8 Å². The Morgan fingerprint density at radius 3 is 2.84 bits per heavy atom. The number of carbonyl (C=O) groups is 1. The van der Waals surface area contributed by atoms with Gasteiger partial charge in [0, 0.05) is 23.0 Å². The zero-order valence-corrected chi connectivity index (χ0v) is 17.5. The molecule has 0 aliphatic carbocycles. The molecule has 4 rings (SSSR count). The number of fused-ring (bicyclic) bond motifs is 1. The molecule has 1 unspecified atom stereocenters. The van der Waals surface area contributed by atoms with E-state index in [9.17, 15) is 10.1 Å².